The molecule has 4 nitrogen and oxygen atoms in total. The van der Waals surface area contributed by atoms with Crippen molar-refractivity contribution in [1.29, 1.82) is 5.26 Å². The molecule has 2 N–H and O–H groups in total. The molecule has 2 rings (SSSR count). The molecule has 1 heterocycles. The molecule has 1 atom stereocenters. The molecule has 6 heteroatoms. The van der Waals surface area contributed by atoms with Crippen LogP contribution in [0.2, 0.25) is 0 Å². The Labute approximate surface area is 114 Å². The number of hydrogen-bond donors (Lipinski definition) is 1. The van der Waals surface area contributed by atoms with Gasteiger partial charge in [0.15, 0.2) is 5.82 Å². The monoisotopic (exact) mass is 274 g/mol. The molecule has 0 saturated heterocycles. The Balaban J connectivity index is 2.40. The summed E-state index contributed by atoms with van der Waals surface area (Å²) in [7, 11) is 0. The van der Waals surface area contributed by atoms with Gasteiger partial charge in [0, 0.05) is 29.6 Å². The van der Waals surface area contributed by atoms with Crippen LogP contribution in [0.15, 0.2) is 24.5 Å². The minimum absolute atomic E-state index is 0.168. The molecule has 20 heavy (non-hydrogen) atoms. The molecular weight excluding hydrogens is 262 g/mol. The number of rotatable bonds is 3. The number of nitrogens with zero attached hydrogens (tertiary/aromatic N) is 3. The van der Waals surface area contributed by atoms with Crippen molar-refractivity contribution in [3.05, 3.63) is 47.3 Å². The van der Waals surface area contributed by atoms with E-state index in [4.69, 9.17) is 11.0 Å². The molecule has 0 bridgehead atoms. The van der Waals surface area contributed by atoms with E-state index >= 15 is 0 Å². The van der Waals surface area contributed by atoms with Gasteiger partial charge in [-0.15, -0.1) is 0 Å². The molecule has 0 saturated carbocycles. The Morgan fingerprint density at radius 2 is 1.80 bits per heavy atom. The predicted octanol–water partition coefficient (Wildman–Crippen LogP) is 2.70. The second-order valence-electron chi connectivity index (χ2n) is 4.28. The first-order valence-corrected chi connectivity index (χ1v) is 6.03. The number of nitrogens with two attached hydrogens (primary N) is 1. The molecule has 0 fully saturated rings. The van der Waals surface area contributed by atoms with Crippen molar-refractivity contribution in [2.75, 3.05) is 0 Å². The first-order valence-electron chi connectivity index (χ1n) is 6.03. The zero-order chi connectivity index (χ0) is 14.7. The van der Waals surface area contributed by atoms with E-state index in [0.717, 1.165) is 24.1 Å². The third kappa shape index (κ3) is 2.63. The third-order valence-electron chi connectivity index (χ3n) is 2.95. The van der Waals surface area contributed by atoms with Crippen LogP contribution in [0, 0.1) is 23.0 Å². The Bertz CT molecular complexity index is 639. The fourth-order valence-corrected chi connectivity index (χ4v) is 1.72. The van der Waals surface area contributed by atoms with Crippen LogP contribution < -0.4 is 5.73 Å². The maximum Gasteiger partial charge on any atom is 0.159 e. The molecule has 1 unspecified atom stereocenters. The van der Waals surface area contributed by atoms with E-state index in [1.54, 1.807) is 0 Å². The van der Waals surface area contributed by atoms with Gasteiger partial charge in [0.25, 0.3) is 0 Å². The summed E-state index contributed by atoms with van der Waals surface area (Å²) in [4.78, 5) is 8.10. The van der Waals surface area contributed by atoms with Crippen molar-refractivity contribution in [3.8, 4) is 17.5 Å². The number of nitriles is 1. The van der Waals surface area contributed by atoms with Gasteiger partial charge in [-0.3, -0.25) is 0 Å². The SMILES string of the molecule is CCC(N)c1cnc(-c2cc(F)c(C#N)c(F)c2)nc1. The lowest BCUT2D eigenvalue weighted by atomic mass is 10.1. The van der Waals surface area contributed by atoms with Crippen molar-refractivity contribution in [2.24, 2.45) is 5.73 Å². The van der Waals surface area contributed by atoms with Crippen LogP contribution in [0.25, 0.3) is 11.4 Å². The van der Waals surface area contributed by atoms with Gasteiger partial charge in [0.1, 0.15) is 23.3 Å². The number of halogens is 2. The maximum atomic E-state index is 13.5. The van der Waals surface area contributed by atoms with Crippen molar-refractivity contribution >= 4 is 0 Å². The largest absolute Gasteiger partial charge is 0.324 e. The van der Waals surface area contributed by atoms with E-state index in [1.807, 2.05) is 6.92 Å². The Morgan fingerprint density at radius 3 is 2.25 bits per heavy atom. The molecule has 0 aliphatic rings. The number of benzene rings is 1. The Hall–Kier alpha value is -2.39. The molecule has 0 amide bonds. The molecule has 0 radical (unpaired) electrons. The summed E-state index contributed by atoms with van der Waals surface area (Å²) in [6, 6.07) is 3.37. The van der Waals surface area contributed by atoms with Crippen LogP contribution in [-0.2, 0) is 0 Å². The van der Waals surface area contributed by atoms with Crippen LogP contribution in [0.4, 0.5) is 8.78 Å². The van der Waals surface area contributed by atoms with E-state index in [2.05, 4.69) is 9.97 Å². The summed E-state index contributed by atoms with van der Waals surface area (Å²) in [6.45, 7) is 1.93. The van der Waals surface area contributed by atoms with Gasteiger partial charge in [0.05, 0.1) is 0 Å². The second kappa shape index (κ2) is 5.72. The van der Waals surface area contributed by atoms with Crippen LogP contribution in [0.3, 0.4) is 0 Å². The van der Waals surface area contributed by atoms with Gasteiger partial charge in [-0.2, -0.15) is 5.26 Å². The van der Waals surface area contributed by atoms with Gasteiger partial charge in [-0.25, -0.2) is 18.7 Å². The highest BCUT2D eigenvalue weighted by Crippen LogP contribution is 2.22. The van der Waals surface area contributed by atoms with Gasteiger partial charge in [0.2, 0.25) is 0 Å². The summed E-state index contributed by atoms with van der Waals surface area (Å²) in [6.07, 6.45) is 3.80. The molecule has 102 valence electrons. The lowest BCUT2D eigenvalue weighted by Gasteiger charge is -2.08. The zero-order valence-corrected chi connectivity index (χ0v) is 10.8. The van der Waals surface area contributed by atoms with Crippen molar-refractivity contribution in [1.82, 2.24) is 9.97 Å². The summed E-state index contributed by atoms with van der Waals surface area (Å²) < 4.78 is 27.0. The molecule has 1 aromatic heterocycles. The van der Waals surface area contributed by atoms with Crippen LogP contribution in [-0.4, -0.2) is 9.97 Å². The molecule has 2 aromatic rings. The first kappa shape index (κ1) is 14.0. The number of hydrogen-bond acceptors (Lipinski definition) is 4. The quantitative estimate of drug-likeness (QED) is 0.933. The normalized spacial score (nSPS) is 11.9. The topological polar surface area (TPSA) is 75.6 Å². The minimum atomic E-state index is -0.930. The lowest BCUT2D eigenvalue weighted by Crippen LogP contribution is -2.09. The van der Waals surface area contributed by atoms with Gasteiger partial charge < -0.3 is 5.73 Å². The summed E-state index contributed by atoms with van der Waals surface area (Å²) >= 11 is 0. The van der Waals surface area contributed by atoms with Crippen molar-refractivity contribution < 1.29 is 8.78 Å². The van der Waals surface area contributed by atoms with Gasteiger partial charge in [-0.05, 0) is 18.6 Å². The fourth-order valence-electron chi connectivity index (χ4n) is 1.72. The van der Waals surface area contributed by atoms with Crippen molar-refractivity contribution in [2.45, 2.75) is 19.4 Å². The molecule has 0 aliphatic carbocycles. The van der Waals surface area contributed by atoms with E-state index in [-0.39, 0.29) is 17.4 Å². The average molecular weight is 274 g/mol. The molecule has 0 aliphatic heterocycles. The highest BCUT2D eigenvalue weighted by Gasteiger charge is 2.13. The zero-order valence-electron chi connectivity index (χ0n) is 10.8. The van der Waals surface area contributed by atoms with E-state index in [9.17, 15) is 8.78 Å². The fraction of sp³-hybridized carbons (Fsp3) is 0.214. The van der Waals surface area contributed by atoms with E-state index in [1.165, 1.54) is 18.5 Å². The van der Waals surface area contributed by atoms with E-state index in [0.29, 0.717) is 0 Å². The number of aromatic nitrogens is 2. The standard InChI is InChI=1S/C14H12F2N4/c1-2-13(18)9-6-19-14(20-7-9)8-3-11(15)10(5-17)12(16)4-8/h3-4,6-7,13H,2,18H2,1H3. The first-order chi connectivity index (χ1) is 9.56. The van der Waals surface area contributed by atoms with Gasteiger partial charge in [-0.1, -0.05) is 6.92 Å². The third-order valence-corrected chi connectivity index (χ3v) is 2.95. The van der Waals surface area contributed by atoms with Crippen LogP contribution in [0.5, 0.6) is 0 Å². The van der Waals surface area contributed by atoms with Crippen molar-refractivity contribution in [3.63, 3.8) is 0 Å². The second-order valence-corrected chi connectivity index (χ2v) is 4.28. The average Bonchev–Trinajstić information content (AvgIpc) is 2.46. The van der Waals surface area contributed by atoms with E-state index < -0.39 is 17.2 Å². The predicted molar refractivity (Wildman–Crippen MR) is 69.3 cm³/mol. The molecule has 0 spiro atoms. The Kier molecular flexibility index (Phi) is 4.01. The highest BCUT2D eigenvalue weighted by molar-refractivity contribution is 5.57. The molecular formula is C14H12F2N4. The lowest BCUT2D eigenvalue weighted by molar-refractivity contribution is 0.577. The minimum Gasteiger partial charge on any atom is -0.324 e. The summed E-state index contributed by atoms with van der Waals surface area (Å²) in [5, 5.41) is 8.61. The molecule has 1 aromatic carbocycles. The summed E-state index contributed by atoms with van der Waals surface area (Å²) in [5.41, 5.74) is 6.15. The highest BCUT2D eigenvalue weighted by atomic mass is 19.1. The summed E-state index contributed by atoms with van der Waals surface area (Å²) in [5.74, 6) is -1.68. The Morgan fingerprint density at radius 1 is 1.25 bits per heavy atom. The maximum absolute atomic E-state index is 13.5. The van der Waals surface area contributed by atoms with Gasteiger partial charge >= 0.3 is 0 Å². The van der Waals surface area contributed by atoms with Crippen LogP contribution >= 0.6 is 0 Å². The van der Waals surface area contributed by atoms with Crippen LogP contribution in [0.1, 0.15) is 30.5 Å². The smallest absolute Gasteiger partial charge is 0.159 e.